The molecule has 2 nitrogen and oxygen atoms in total. The Morgan fingerprint density at radius 3 is 3.08 bits per heavy atom. The number of halogens is 2. The van der Waals surface area contributed by atoms with E-state index < -0.39 is 0 Å². The average Bonchev–Trinajstić information content (AvgIpc) is 2.56. The van der Waals surface area contributed by atoms with E-state index in [-0.39, 0.29) is 11.9 Å². The molecule has 0 aromatic carbocycles. The fourth-order valence-corrected chi connectivity index (χ4v) is 1.90. The number of aromatic nitrogens is 1. The minimum absolute atomic E-state index is 0.105. The molecule has 1 aliphatic rings. The van der Waals surface area contributed by atoms with Crippen LogP contribution in [0.25, 0.3) is 0 Å². The molecule has 2 heterocycles. The summed E-state index contributed by atoms with van der Waals surface area (Å²) in [4.78, 5) is 4.08. The lowest BCUT2D eigenvalue weighted by Crippen LogP contribution is -2.15. The highest BCUT2D eigenvalue weighted by molar-refractivity contribution is 9.10. The van der Waals surface area contributed by atoms with Crippen molar-refractivity contribution in [3.05, 3.63) is 28.2 Å². The van der Waals surface area contributed by atoms with Gasteiger partial charge in [0, 0.05) is 10.7 Å². The summed E-state index contributed by atoms with van der Waals surface area (Å²) >= 11 is 3.18. The van der Waals surface area contributed by atoms with Crippen LogP contribution in [0.15, 0.2) is 16.7 Å². The predicted molar refractivity (Wildman–Crippen MR) is 51.9 cm³/mol. The van der Waals surface area contributed by atoms with E-state index >= 15 is 0 Å². The minimum atomic E-state index is -0.228. The molecule has 0 spiro atoms. The fraction of sp³-hybridized carbons (Fsp3) is 0.444. The highest BCUT2D eigenvalue weighted by atomic mass is 79.9. The predicted octanol–water partition coefficient (Wildman–Crippen LogP) is 2.41. The van der Waals surface area contributed by atoms with Crippen molar-refractivity contribution >= 4 is 15.9 Å². The van der Waals surface area contributed by atoms with Crippen molar-refractivity contribution in [2.75, 3.05) is 6.54 Å². The largest absolute Gasteiger partial charge is 0.309 e. The molecule has 1 atom stereocenters. The SMILES string of the molecule is Fc1cc(Br)cnc1C1CCCN1. The maximum atomic E-state index is 13.4. The average molecular weight is 245 g/mol. The summed E-state index contributed by atoms with van der Waals surface area (Å²) < 4.78 is 14.1. The number of pyridine rings is 1. The van der Waals surface area contributed by atoms with Gasteiger partial charge in [-0.2, -0.15) is 0 Å². The number of nitrogens with zero attached hydrogens (tertiary/aromatic N) is 1. The van der Waals surface area contributed by atoms with Crippen LogP contribution in [0.3, 0.4) is 0 Å². The van der Waals surface area contributed by atoms with Gasteiger partial charge in [0.15, 0.2) is 0 Å². The van der Waals surface area contributed by atoms with Crippen molar-refractivity contribution in [1.82, 2.24) is 10.3 Å². The maximum absolute atomic E-state index is 13.4. The van der Waals surface area contributed by atoms with E-state index in [1.165, 1.54) is 6.07 Å². The van der Waals surface area contributed by atoms with Gasteiger partial charge in [-0.15, -0.1) is 0 Å². The molecule has 1 saturated heterocycles. The Morgan fingerprint density at radius 1 is 1.62 bits per heavy atom. The third kappa shape index (κ3) is 1.89. The van der Waals surface area contributed by atoms with E-state index in [9.17, 15) is 4.39 Å². The van der Waals surface area contributed by atoms with Gasteiger partial charge in [-0.05, 0) is 41.4 Å². The van der Waals surface area contributed by atoms with Gasteiger partial charge in [-0.3, -0.25) is 4.98 Å². The topological polar surface area (TPSA) is 24.9 Å². The molecule has 70 valence electrons. The van der Waals surface area contributed by atoms with Crippen LogP contribution >= 0.6 is 15.9 Å². The Labute approximate surface area is 84.7 Å². The van der Waals surface area contributed by atoms with E-state index in [1.54, 1.807) is 6.20 Å². The zero-order valence-electron chi connectivity index (χ0n) is 7.06. The monoisotopic (exact) mass is 244 g/mol. The van der Waals surface area contributed by atoms with E-state index in [1.807, 2.05) is 0 Å². The Bertz CT molecular complexity index is 310. The van der Waals surface area contributed by atoms with Crippen LogP contribution in [-0.4, -0.2) is 11.5 Å². The lowest BCUT2D eigenvalue weighted by molar-refractivity contribution is 0.540. The normalized spacial score (nSPS) is 22.2. The summed E-state index contributed by atoms with van der Waals surface area (Å²) in [6, 6.07) is 1.57. The Kier molecular flexibility index (Phi) is 2.60. The second-order valence-electron chi connectivity index (χ2n) is 3.17. The van der Waals surface area contributed by atoms with Gasteiger partial charge in [-0.25, -0.2) is 4.39 Å². The van der Waals surface area contributed by atoms with Crippen molar-refractivity contribution in [2.24, 2.45) is 0 Å². The third-order valence-electron chi connectivity index (χ3n) is 2.23. The molecular formula is C9H10BrFN2. The van der Waals surface area contributed by atoms with Gasteiger partial charge >= 0.3 is 0 Å². The van der Waals surface area contributed by atoms with Gasteiger partial charge in [0.05, 0.1) is 11.7 Å². The Hall–Kier alpha value is -0.480. The molecule has 1 N–H and O–H groups in total. The molecule has 1 aliphatic heterocycles. The Morgan fingerprint density at radius 2 is 2.46 bits per heavy atom. The number of rotatable bonds is 1. The molecule has 1 aromatic rings. The van der Waals surface area contributed by atoms with Gasteiger partial charge < -0.3 is 5.32 Å². The standard InChI is InChI=1S/C9H10BrFN2/c10-6-4-7(11)9(13-5-6)8-2-1-3-12-8/h4-5,8,12H,1-3H2. The van der Waals surface area contributed by atoms with E-state index in [4.69, 9.17) is 0 Å². The second kappa shape index (κ2) is 3.72. The smallest absolute Gasteiger partial charge is 0.147 e. The van der Waals surface area contributed by atoms with Crippen LogP contribution in [0, 0.1) is 5.82 Å². The molecule has 1 fully saturated rings. The van der Waals surface area contributed by atoms with Crippen molar-refractivity contribution in [1.29, 1.82) is 0 Å². The van der Waals surface area contributed by atoms with Crippen molar-refractivity contribution < 1.29 is 4.39 Å². The molecule has 2 rings (SSSR count). The zero-order chi connectivity index (χ0) is 9.26. The highest BCUT2D eigenvalue weighted by Crippen LogP contribution is 2.24. The molecule has 0 saturated carbocycles. The number of hydrogen-bond donors (Lipinski definition) is 1. The lowest BCUT2D eigenvalue weighted by atomic mass is 10.1. The molecule has 4 heteroatoms. The van der Waals surface area contributed by atoms with Gasteiger partial charge in [-0.1, -0.05) is 0 Å². The summed E-state index contributed by atoms with van der Waals surface area (Å²) in [7, 11) is 0. The van der Waals surface area contributed by atoms with Crippen molar-refractivity contribution in [2.45, 2.75) is 18.9 Å². The summed E-state index contributed by atoms with van der Waals surface area (Å²) in [5.41, 5.74) is 0.542. The van der Waals surface area contributed by atoms with E-state index in [2.05, 4.69) is 26.2 Å². The first-order valence-corrected chi connectivity index (χ1v) is 5.11. The first-order chi connectivity index (χ1) is 6.27. The maximum Gasteiger partial charge on any atom is 0.147 e. The highest BCUT2D eigenvalue weighted by Gasteiger charge is 2.20. The van der Waals surface area contributed by atoms with Gasteiger partial charge in [0.25, 0.3) is 0 Å². The molecule has 0 radical (unpaired) electrons. The molecule has 0 amide bonds. The first-order valence-electron chi connectivity index (χ1n) is 4.31. The van der Waals surface area contributed by atoms with Crippen LogP contribution < -0.4 is 5.32 Å². The van der Waals surface area contributed by atoms with Gasteiger partial charge in [0.2, 0.25) is 0 Å². The minimum Gasteiger partial charge on any atom is -0.309 e. The summed E-state index contributed by atoms with van der Waals surface area (Å²) in [5.74, 6) is -0.228. The van der Waals surface area contributed by atoms with Crippen molar-refractivity contribution in [3.63, 3.8) is 0 Å². The quantitative estimate of drug-likeness (QED) is 0.821. The number of hydrogen-bond acceptors (Lipinski definition) is 2. The third-order valence-corrected chi connectivity index (χ3v) is 2.66. The molecule has 13 heavy (non-hydrogen) atoms. The van der Waals surface area contributed by atoms with Crippen molar-refractivity contribution in [3.8, 4) is 0 Å². The van der Waals surface area contributed by atoms with Crippen LogP contribution in [-0.2, 0) is 0 Å². The molecule has 1 unspecified atom stereocenters. The molecule has 1 aromatic heterocycles. The summed E-state index contributed by atoms with van der Waals surface area (Å²) in [6.07, 6.45) is 3.71. The first kappa shape index (κ1) is 9.09. The zero-order valence-corrected chi connectivity index (χ0v) is 8.64. The van der Waals surface area contributed by atoms with Crippen LogP contribution in [0.5, 0.6) is 0 Å². The second-order valence-corrected chi connectivity index (χ2v) is 4.09. The number of nitrogens with one attached hydrogen (secondary N) is 1. The molecule has 0 bridgehead atoms. The lowest BCUT2D eigenvalue weighted by Gasteiger charge is -2.09. The van der Waals surface area contributed by atoms with Gasteiger partial charge in [0.1, 0.15) is 5.82 Å². The van der Waals surface area contributed by atoms with E-state index in [0.29, 0.717) is 10.2 Å². The summed E-state index contributed by atoms with van der Waals surface area (Å²) in [5, 5.41) is 3.22. The fourth-order valence-electron chi connectivity index (χ4n) is 1.60. The Balaban J connectivity index is 2.29. The van der Waals surface area contributed by atoms with Crippen LogP contribution in [0.4, 0.5) is 4.39 Å². The summed E-state index contributed by atoms with van der Waals surface area (Å²) in [6.45, 7) is 0.960. The molecular weight excluding hydrogens is 235 g/mol. The molecule has 0 aliphatic carbocycles. The van der Waals surface area contributed by atoms with Crippen LogP contribution in [0.1, 0.15) is 24.6 Å². The van der Waals surface area contributed by atoms with E-state index in [0.717, 1.165) is 19.4 Å². The van der Waals surface area contributed by atoms with Crippen LogP contribution in [0.2, 0.25) is 0 Å².